The van der Waals surface area contributed by atoms with Crippen LogP contribution in [0.5, 0.6) is 0 Å². The lowest BCUT2D eigenvalue weighted by Crippen LogP contribution is -2.45. The molecule has 0 rings (SSSR count). The Hall–Kier alpha value is -1.23. The summed E-state index contributed by atoms with van der Waals surface area (Å²) in [5.41, 5.74) is 0.759. The zero-order valence-corrected chi connectivity index (χ0v) is 15.2. The Kier molecular flexibility index (Phi) is 16.7. The first kappa shape index (κ1) is 26.7. The van der Waals surface area contributed by atoms with Gasteiger partial charge in [0.15, 0.2) is 0 Å². The predicted molar refractivity (Wildman–Crippen MR) is 98.2 cm³/mol. The van der Waals surface area contributed by atoms with Crippen molar-refractivity contribution < 1.29 is 27.9 Å². The van der Waals surface area contributed by atoms with Crippen LogP contribution in [0.25, 0.3) is 0 Å². The van der Waals surface area contributed by atoms with Crippen LogP contribution in [-0.2, 0) is 27.9 Å². The molecule has 0 fully saturated rings. The molecule has 6 nitrogen and oxygen atoms in total. The molecule has 0 bridgehead atoms. The SMILES string of the molecule is C=C(C)C(=O)OC[Si](C)(OCC)OCC.[CH2]OC(=O)C(=C)C.[SiH4]. The van der Waals surface area contributed by atoms with E-state index in [1.54, 1.807) is 13.8 Å². The van der Waals surface area contributed by atoms with Gasteiger partial charge in [0.25, 0.3) is 0 Å². The van der Waals surface area contributed by atoms with Crippen molar-refractivity contribution in [2.75, 3.05) is 19.4 Å². The normalized spacial score (nSPS) is 9.65. The standard InChI is InChI=1S/C10H20O4Si.C5H7O2.H4Si/c1-6-13-15(5,14-7-2)8-12-10(11)9(3)4;1-4(2)5(6)7-3;/h3,6-8H2,1-2,4-5H3;1,3H2,2H3;1H4. The van der Waals surface area contributed by atoms with Gasteiger partial charge >= 0.3 is 20.5 Å². The van der Waals surface area contributed by atoms with E-state index in [4.69, 9.17) is 13.6 Å². The van der Waals surface area contributed by atoms with Gasteiger partial charge < -0.3 is 18.3 Å². The molecular formula is C15H31O6Si2. The van der Waals surface area contributed by atoms with Crippen LogP contribution in [0.1, 0.15) is 27.7 Å². The van der Waals surface area contributed by atoms with E-state index in [0.29, 0.717) is 24.4 Å². The molecule has 1 radical (unpaired) electrons. The van der Waals surface area contributed by atoms with Gasteiger partial charge in [0.1, 0.15) is 13.3 Å². The van der Waals surface area contributed by atoms with Crippen molar-refractivity contribution in [2.45, 2.75) is 34.2 Å². The Morgan fingerprint density at radius 2 is 1.35 bits per heavy atom. The molecule has 8 heteroatoms. The zero-order valence-electron chi connectivity index (χ0n) is 14.2. The summed E-state index contributed by atoms with van der Waals surface area (Å²) >= 11 is 0. The molecule has 0 saturated heterocycles. The third-order valence-electron chi connectivity index (χ3n) is 2.19. The van der Waals surface area contributed by atoms with Crippen molar-refractivity contribution in [1.29, 1.82) is 0 Å². The Bertz CT molecular complexity index is 389. The summed E-state index contributed by atoms with van der Waals surface area (Å²) in [6.45, 7) is 16.8. The van der Waals surface area contributed by atoms with Crippen molar-refractivity contribution >= 4 is 31.5 Å². The molecule has 0 amide bonds. The summed E-state index contributed by atoms with van der Waals surface area (Å²) in [4.78, 5) is 21.3. The first-order chi connectivity index (χ1) is 10.1. The number of hydrogen-bond acceptors (Lipinski definition) is 6. The summed E-state index contributed by atoms with van der Waals surface area (Å²) < 4.78 is 20.1. The molecule has 0 N–H and O–H groups in total. The van der Waals surface area contributed by atoms with Crippen molar-refractivity contribution in [3.63, 3.8) is 0 Å². The van der Waals surface area contributed by atoms with Crippen LogP contribution in [0.4, 0.5) is 0 Å². The molecule has 0 spiro atoms. The fourth-order valence-electron chi connectivity index (χ4n) is 1.18. The quantitative estimate of drug-likeness (QED) is 0.367. The Labute approximate surface area is 145 Å². The number of rotatable bonds is 8. The second-order valence-corrected chi connectivity index (χ2v) is 7.70. The zero-order chi connectivity index (χ0) is 17.8. The van der Waals surface area contributed by atoms with E-state index in [1.165, 1.54) is 0 Å². The number of carbonyl (C=O) groups excluding carboxylic acids is 2. The minimum Gasteiger partial charge on any atom is -0.460 e. The van der Waals surface area contributed by atoms with Crippen LogP contribution in [0.3, 0.4) is 0 Å². The van der Waals surface area contributed by atoms with Crippen LogP contribution in [0.15, 0.2) is 24.3 Å². The molecular weight excluding hydrogens is 332 g/mol. The van der Waals surface area contributed by atoms with E-state index >= 15 is 0 Å². The summed E-state index contributed by atoms with van der Waals surface area (Å²) in [5, 5.41) is 0. The number of esters is 2. The number of ether oxygens (including phenoxy) is 2. The van der Waals surface area contributed by atoms with Crippen molar-refractivity contribution in [3.05, 3.63) is 31.4 Å². The van der Waals surface area contributed by atoms with Crippen molar-refractivity contribution in [1.82, 2.24) is 0 Å². The maximum Gasteiger partial charge on any atom is 0.374 e. The van der Waals surface area contributed by atoms with Crippen LogP contribution < -0.4 is 0 Å². The smallest absolute Gasteiger partial charge is 0.374 e. The fourth-order valence-corrected chi connectivity index (χ4v) is 3.04. The number of carbonyl (C=O) groups is 2. The lowest BCUT2D eigenvalue weighted by Gasteiger charge is -2.25. The lowest BCUT2D eigenvalue weighted by molar-refractivity contribution is -0.138. The Balaban J connectivity index is -0.000000425. The van der Waals surface area contributed by atoms with Gasteiger partial charge in [-0.2, -0.15) is 0 Å². The van der Waals surface area contributed by atoms with Gasteiger partial charge in [-0.15, -0.1) is 0 Å². The van der Waals surface area contributed by atoms with Gasteiger partial charge in [0.05, 0.1) is 0 Å². The first-order valence-corrected chi connectivity index (χ1v) is 9.38. The highest BCUT2D eigenvalue weighted by atomic mass is 28.4. The molecule has 0 aliphatic carbocycles. The molecule has 23 heavy (non-hydrogen) atoms. The highest BCUT2D eigenvalue weighted by Crippen LogP contribution is 2.08. The maximum atomic E-state index is 11.2. The van der Waals surface area contributed by atoms with E-state index < -0.39 is 20.5 Å². The van der Waals surface area contributed by atoms with E-state index in [1.807, 2.05) is 20.4 Å². The summed E-state index contributed by atoms with van der Waals surface area (Å²) in [6.07, 6.45) is 0.209. The van der Waals surface area contributed by atoms with Crippen LogP contribution in [0, 0.1) is 7.11 Å². The molecule has 0 aliphatic rings. The summed E-state index contributed by atoms with van der Waals surface area (Å²) in [6, 6.07) is 0. The van der Waals surface area contributed by atoms with Gasteiger partial charge in [-0.3, -0.25) is 0 Å². The third-order valence-corrected chi connectivity index (χ3v) is 4.66. The fraction of sp³-hybridized carbons (Fsp3) is 0.533. The van der Waals surface area contributed by atoms with E-state index in [-0.39, 0.29) is 17.2 Å². The van der Waals surface area contributed by atoms with Gasteiger partial charge in [0, 0.05) is 24.4 Å². The van der Waals surface area contributed by atoms with Crippen molar-refractivity contribution in [3.8, 4) is 0 Å². The highest BCUT2D eigenvalue weighted by Gasteiger charge is 2.33. The first-order valence-electron chi connectivity index (χ1n) is 6.85. The molecule has 135 valence electrons. The Morgan fingerprint density at radius 3 is 1.57 bits per heavy atom. The average Bonchev–Trinajstić information content (AvgIpc) is 2.44. The van der Waals surface area contributed by atoms with Crippen LogP contribution in [-0.4, -0.2) is 50.9 Å². The molecule has 0 unspecified atom stereocenters. The van der Waals surface area contributed by atoms with Gasteiger partial charge in [-0.05, 0) is 45.2 Å². The molecule has 0 aromatic heterocycles. The average molecular weight is 364 g/mol. The molecule has 0 aliphatic heterocycles. The summed E-state index contributed by atoms with van der Waals surface area (Å²) in [7, 11) is 0.554. The number of hydrogen-bond donors (Lipinski definition) is 0. The molecule has 0 aromatic carbocycles. The monoisotopic (exact) mass is 363 g/mol. The predicted octanol–water partition coefficient (Wildman–Crippen LogP) is 1.24. The van der Waals surface area contributed by atoms with E-state index in [0.717, 1.165) is 0 Å². The van der Waals surface area contributed by atoms with Gasteiger partial charge in [-0.25, -0.2) is 9.59 Å². The minimum atomic E-state index is -2.34. The largest absolute Gasteiger partial charge is 0.460 e. The minimum absolute atomic E-state index is 0. The third kappa shape index (κ3) is 14.1. The Morgan fingerprint density at radius 1 is 0.957 bits per heavy atom. The van der Waals surface area contributed by atoms with Crippen molar-refractivity contribution in [2.24, 2.45) is 0 Å². The maximum absolute atomic E-state index is 11.2. The summed E-state index contributed by atoms with van der Waals surface area (Å²) in [5.74, 6) is -0.854. The second kappa shape index (κ2) is 14.4. The van der Waals surface area contributed by atoms with Gasteiger partial charge in [-0.1, -0.05) is 13.2 Å². The lowest BCUT2D eigenvalue weighted by atomic mass is 10.4. The van der Waals surface area contributed by atoms with Gasteiger partial charge in [0.2, 0.25) is 0 Å². The highest BCUT2D eigenvalue weighted by molar-refractivity contribution is 6.66. The second-order valence-electron chi connectivity index (χ2n) is 4.57. The van der Waals surface area contributed by atoms with Crippen LogP contribution >= 0.6 is 0 Å². The molecule has 0 heterocycles. The topological polar surface area (TPSA) is 71.1 Å². The molecule has 0 saturated carbocycles. The molecule has 0 aromatic rings. The van der Waals surface area contributed by atoms with E-state index in [2.05, 4.69) is 25.0 Å². The van der Waals surface area contributed by atoms with Crippen LogP contribution in [0.2, 0.25) is 6.55 Å². The van der Waals surface area contributed by atoms with E-state index in [9.17, 15) is 9.59 Å². The molecule has 0 atom stereocenters.